The average molecular weight is 354 g/mol. The predicted octanol–water partition coefficient (Wildman–Crippen LogP) is 5.86. The van der Waals surface area contributed by atoms with E-state index >= 15 is 0 Å². The highest BCUT2D eigenvalue weighted by molar-refractivity contribution is 7.99. The lowest BCUT2D eigenvalue weighted by Crippen LogP contribution is -2.58. The zero-order chi connectivity index (χ0) is 17.7. The first-order valence-electron chi connectivity index (χ1n) is 9.50. The molecule has 4 rings (SSSR count). The van der Waals surface area contributed by atoms with E-state index in [-0.39, 0.29) is 0 Å². The van der Waals surface area contributed by atoms with Gasteiger partial charge in [-0.25, -0.2) is 0 Å². The lowest BCUT2D eigenvalue weighted by Gasteiger charge is -2.60. The van der Waals surface area contributed by atoms with Gasteiger partial charge in [0.05, 0.1) is 0 Å². The van der Waals surface area contributed by atoms with Crippen molar-refractivity contribution < 1.29 is 0 Å². The summed E-state index contributed by atoms with van der Waals surface area (Å²) in [5.74, 6) is 2.82. The van der Waals surface area contributed by atoms with E-state index in [9.17, 15) is 0 Å². The van der Waals surface area contributed by atoms with E-state index < -0.39 is 0 Å². The Morgan fingerprint density at radius 3 is 2.76 bits per heavy atom. The molecule has 0 amide bonds. The molecular formula is C23H31NS. The van der Waals surface area contributed by atoms with Crippen LogP contribution in [-0.4, -0.2) is 18.3 Å². The molecule has 134 valence electrons. The molecule has 3 unspecified atom stereocenters. The molecule has 1 N–H and O–H groups in total. The third kappa shape index (κ3) is 4.48. The number of hydrogen-bond donors (Lipinski definition) is 1. The second kappa shape index (κ2) is 8.42. The summed E-state index contributed by atoms with van der Waals surface area (Å²) in [7, 11) is 0. The zero-order valence-electron chi connectivity index (χ0n) is 15.6. The van der Waals surface area contributed by atoms with Gasteiger partial charge in [0, 0.05) is 23.2 Å². The fourth-order valence-electron chi connectivity index (χ4n) is 4.49. The van der Waals surface area contributed by atoms with E-state index in [0.29, 0.717) is 11.5 Å². The molecule has 1 aromatic carbocycles. The largest absolute Gasteiger partial charge is 0.310 e. The molecule has 2 bridgehead atoms. The second-order valence-electron chi connectivity index (χ2n) is 7.93. The van der Waals surface area contributed by atoms with Gasteiger partial charge in [-0.1, -0.05) is 62.9 Å². The minimum Gasteiger partial charge on any atom is -0.310 e. The SMILES string of the molecule is C=C/C=C(\C=C/CSc1ccccc1)CNC1CCC2CC1C2(C)C. The van der Waals surface area contributed by atoms with Crippen molar-refractivity contribution in [3.8, 4) is 0 Å². The van der Waals surface area contributed by atoms with E-state index in [1.807, 2.05) is 17.8 Å². The van der Waals surface area contributed by atoms with Crippen molar-refractivity contribution in [1.82, 2.24) is 5.32 Å². The molecule has 3 saturated carbocycles. The molecule has 0 heterocycles. The Labute approximate surface area is 157 Å². The summed E-state index contributed by atoms with van der Waals surface area (Å²) in [5.41, 5.74) is 1.86. The van der Waals surface area contributed by atoms with Gasteiger partial charge in [0.25, 0.3) is 0 Å². The molecule has 0 aromatic heterocycles. The highest BCUT2D eigenvalue weighted by Crippen LogP contribution is 2.59. The maximum Gasteiger partial charge on any atom is 0.0208 e. The molecule has 0 saturated heterocycles. The number of fused-ring (bicyclic) bond motifs is 2. The van der Waals surface area contributed by atoms with E-state index in [4.69, 9.17) is 0 Å². The average Bonchev–Trinajstić information content (AvgIpc) is 2.64. The van der Waals surface area contributed by atoms with Crippen LogP contribution in [0.15, 0.2) is 71.7 Å². The summed E-state index contributed by atoms with van der Waals surface area (Å²) in [6, 6.07) is 11.3. The summed E-state index contributed by atoms with van der Waals surface area (Å²) in [4.78, 5) is 1.32. The number of rotatable bonds is 8. The highest BCUT2D eigenvalue weighted by Gasteiger charge is 2.53. The van der Waals surface area contributed by atoms with Gasteiger partial charge in [0.15, 0.2) is 0 Å². The van der Waals surface area contributed by atoms with Crippen LogP contribution in [0.5, 0.6) is 0 Å². The van der Waals surface area contributed by atoms with Crippen LogP contribution in [0.2, 0.25) is 0 Å². The summed E-state index contributed by atoms with van der Waals surface area (Å²) in [6.45, 7) is 9.74. The normalized spacial score (nSPS) is 27.9. The Balaban J connectivity index is 1.47. The lowest BCUT2D eigenvalue weighted by atomic mass is 9.47. The van der Waals surface area contributed by atoms with Crippen LogP contribution in [0, 0.1) is 17.3 Å². The molecule has 3 fully saturated rings. The van der Waals surface area contributed by atoms with E-state index in [2.05, 4.69) is 74.3 Å². The third-order valence-electron chi connectivity index (χ3n) is 6.18. The van der Waals surface area contributed by atoms with Crippen LogP contribution in [0.3, 0.4) is 0 Å². The Kier molecular flexibility index (Phi) is 6.24. The van der Waals surface area contributed by atoms with Crippen molar-refractivity contribution in [3.05, 3.63) is 66.8 Å². The number of hydrogen-bond acceptors (Lipinski definition) is 2. The first kappa shape index (κ1) is 18.5. The molecule has 3 aliphatic carbocycles. The molecule has 0 aliphatic heterocycles. The smallest absolute Gasteiger partial charge is 0.0208 e. The predicted molar refractivity (Wildman–Crippen MR) is 111 cm³/mol. The van der Waals surface area contributed by atoms with Crippen molar-refractivity contribution in [3.63, 3.8) is 0 Å². The lowest BCUT2D eigenvalue weighted by molar-refractivity contribution is -0.0861. The quantitative estimate of drug-likeness (QED) is 0.464. The van der Waals surface area contributed by atoms with E-state index in [1.54, 1.807) is 0 Å². The van der Waals surface area contributed by atoms with Crippen molar-refractivity contribution >= 4 is 11.8 Å². The molecule has 0 radical (unpaired) electrons. The second-order valence-corrected chi connectivity index (χ2v) is 9.02. The van der Waals surface area contributed by atoms with Crippen LogP contribution < -0.4 is 5.32 Å². The minimum atomic E-state index is 0.542. The molecule has 25 heavy (non-hydrogen) atoms. The van der Waals surface area contributed by atoms with Gasteiger partial charge in [0.1, 0.15) is 0 Å². The van der Waals surface area contributed by atoms with Crippen molar-refractivity contribution in [2.45, 2.75) is 44.0 Å². The van der Waals surface area contributed by atoms with Gasteiger partial charge in [0.2, 0.25) is 0 Å². The summed E-state index contributed by atoms with van der Waals surface area (Å²) in [5, 5.41) is 3.83. The van der Waals surface area contributed by atoms with Gasteiger partial charge in [-0.05, 0) is 54.2 Å². The number of allylic oxidation sites excluding steroid dienone is 2. The molecule has 2 heteroatoms. The number of benzene rings is 1. The number of thioether (sulfide) groups is 1. The van der Waals surface area contributed by atoms with Crippen molar-refractivity contribution in [2.75, 3.05) is 12.3 Å². The summed E-state index contributed by atoms with van der Waals surface area (Å²) in [6.07, 6.45) is 12.7. The van der Waals surface area contributed by atoms with Gasteiger partial charge in [-0.15, -0.1) is 11.8 Å². The van der Waals surface area contributed by atoms with Gasteiger partial charge in [-0.2, -0.15) is 0 Å². The molecule has 3 atom stereocenters. The number of nitrogens with one attached hydrogen (secondary N) is 1. The van der Waals surface area contributed by atoms with Gasteiger partial charge < -0.3 is 5.32 Å². The van der Waals surface area contributed by atoms with E-state index in [0.717, 1.165) is 24.1 Å². The van der Waals surface area contributed by atoms with Crippen LogP contribution in [-0.2, 0) is 0 Å². The highest BCUT2D eigenvalue weighted by atomic mass is 32.2. The van der Waals surface area contributed by atoms with Gasteiger partial charge in [-0.3, -0.25) is 0 Å². The zero-order valence-corrected chi connectivity index (χ0v) is 16.4. The van der Waals surface area contributed by atoms with Crippen molar-refractivity contribution in [1.29, 1.82) is 0 Å². The Morgan fingerprint density at radius 2 is 2.08 bits per heavy atom. The fraction of sp³-hybridized carbons (Fsp3) is 0.478. The van der Waals surface area contributed by atoms with Gasteiger partial charge >= 0.3 is 0 Å². The topological polar surface area (TPSA) is 12.0 Å². The molecule has 0 spiro atoms. The summed E-state index contributed by atoms with van der Waals surface area (Å²) < 4.78 is 0. The van der Waals surface area contributed by atoms with Crippen molar-refractivity contribution in [2.24, 2.45) is 17.3 Å². The Bertz CT molecular complexity index is 627. The first-order valence-corrected chi connectivity index (χ1v) is 10.5. The molecular weight excluding hydrogens is 322 g/mol. The van der Waals surface area contributed by atoms with Crippen LogP contribution in [0.25, 0.3) is 0 Å². The minimum absolute atomic E-state index is 0.542. The fourth-order valence-corrected chi connectivity index (χ4v) is 5.22. The molecule has 1 aromatic rings. The molecule has 3 aliphatic rings. The van der Waals surface area contributed by atoms with E-state index in [1.165, 1.54) is 29.7 Å². The maximum absolute atomic E-state index is 3.87. The Morgan fingerprint density at radius 1 is 1.28 bits per heavy atom. The van der Waals surface area contributed by atoms with Crippen LogP contribution in [0.1, 0.15) is 33.1 Å². The Hall–Kier alpha value is -1.25. The summed E-state index contributed by atoms with van der Waals surface area (Å²) >= 11 is 1.87. The van der Waals surface area contributed by atoms with Crippen LogP contribution >= 0.6 is 11.8 Å². The maximum atomic E-state index is 3.87. The first-order chi connectivity index (χ1) is 12.1. The standard InChI is InChI=1S/C23H31NS/c1-4-9-18(10-8-15-25-20-11-6-5-7-12-20)17-24-22-14-13-19-16-21(22)23(19,2)3/h4-12,19,21-22,24H,1,13-17H2,2-3H3/b10-8-,18-9+. The third-order valence-corrected chi connectivity index (χ3v) is 7.14. The molecule has 1 nitrogen and oxygen atoms in total. The monoisotopic (exact) mass is 353 g/mol. The van der Waals surface area contributed by atoms with Crippen LogP contribution in [0.4, 0.5) is 0 Å².